The van der Waals surface area contributed by atoms with Crippen LogP contribution in [-0.2, 0) is 6.42 Å². The standard InChI is InChI=1S/C22H16ClNO2S/c23-17-10-8-15(9-11-17)14-20(22(25)18-6-3-13-26-18)27-19-7-1-4-16-5-2-12-24-21(16)19/h1-13,20H,14H2/t20-/m1/s1. The molecule has 3 nitrogen and oxygen atoms in total. The van der Waals surface area contributed by atoms with Crippen molar-refractivity contribution in [2.45, 2.75) is 16.6 Å². The molecule has 4 aromatic rings. The first-order valence-corrected chi connectivity index (χ1v) is 9.79. The van der Waals surface area contributed by atoms with E-state index in [4.69, 9.17) is 16.0 Å². The predicted molar refractivity (Wildman–Crippen MR) is 110 cm³/mol. The summed E-state index contributed by atoms with van der Waals surface area (Å²) in [6.07, 6.45) is 3.87. The highest BCUT2D eigenvalue weighted by Crippen LogP contribution is 2.33. The molecule has 0 aliphatic carbocycles. The van der Waals surface area contributed by atoms with Crippen LogP contribution in [0.15, 0.2) is 88.5 Å². The lowest BCUT2D eigenvalue weighted by Gasteiger charge is -2.16. The lowest BCUT2D eigenvalue weighted by Crippen LogP contribution is -2.20. The maximum Gasteiger partial charge on any atom is 0.211 e. The van der Waals surface area contributed by atoms with Gasteiger partial charge in [0.1, 0.15) is 0 Å². The highest BCUT2D eigenvalue weighted by molar-refractivity contribution is 8.00. The number of furan rings is 1. The van der Waals surface area contributed by atoms with E-state index in [0.717, 1.165) is 21.4 Å². The number of thioether (sulfide) groups is 1. The van der Waals surface area contributed by atoms with Crippen molar-refractivity contribution in [1.82, 2.24) is 4.98 Å². The number of Topliss-reactive ketones (excluding diaryl/α,β-unsaturated/α-hetero) is 1. The summed E-state index contributed by atoms with van der Waals surface area (Å²) >= 11 is 7.51. The summed E-state index contributed by atoms with van der Waals surface area (Å²) in [5.41, 5.74) is 1.95. The number of fused-ring (bicyclic) bond motifs is 1. The minimum atomic E-state index is -0.329. The van der Waals surface area contributed by atoms with Gasteiger partial charge in [-0.1, -0.05) is 41.9 Å². The molecule has 134 valence electrons. The summed E-state index contributed by atoms with van der Waals surface area (Å²) in [5, 5.41) is 1.40. The number of carbonyl (C=O) groups excluding carboxylic acids is 1. The number of rotatable bonds is 6. The van der Waals surface area contributed by atoms with Gasteiger partial charge in [-0.15, -0.1) is 11.8 Å². The molecule has 2 aromatic carbocycles. The quantitative estimate of drug-likeness (QED) is 0.294. The van der Waals surface area contributed by atoms with Crippen LogP contribution in [0, 0.1) is 0 Å². The molecule has 0 saturated carbocycles. The lowest BCUT2D eigenvalue weighted by atomic mass is 10.1. The Balaban J connectivity index is 1.68. The first-order valence-electron chi connectivity index (χ1n) is 8.53. The third-order valence-electron chi connectivity index (χ3n) is 4.26. The number of ketones is 1. The van der Waals surface area contributed by atoms with Gasteiger partial charge in [0.15, 0.2) is 5.76 Å². The van der Waals surface area contributed by atoms with Crippen LogP contribution in [0.5, 0.6) is 0 Å². The number of aromatic nitrogens is 1. The molecular formula is C22H16ClNO2S. The lowest BCUT2D eigenvalue weighted by molar-refractivity contribution is 0.0962. The van der Waals surface area contributed by atoms with Crippen molar-refractivity contribution in [1.29, 1.82) is 0 Å². The van der Waals surface area contributed by atoms with Crippen molar-refractivity contribution in [2.24, 2.45) is 0 Å². The Morgan fingerprint density at radius 3 is 2.63 bits per heavy atom. The SMILES string of the molecule is O=C(c1ccco1)[C@@H](Cc1ccc(Cl)cc1)Sc1cccc2cccnc12. The molecule has 0 aliphatic rings. The smallest absolute Gasteiger partial charge is 0.211 e. The zero-order valence-electron chi connectivity index (χ0n) is 14.3. The van der Waals surface area contributed by atoms with Gasteiger partial charge in [-0.2, -0.15) is 0 Å². The van der Waals surface area contributed by atoms with Crippen LogP contribution in [-0.4, -0.2) is 16.0 Å². The Kier molecular flexibility index (Phi) is 5.28. The van der Waals surface area contributed by atoms with Crippen LogP contribution in [0.25, 0.3) is 10.9 Å². The zero-order chi connectivity index (χ0) is 18.6. The summed E-state index contributed by atoms with van der Waals surface area (Å²) < 4.78 is 5.36. The topological polar surface area (TPSA) is 43.1 Å². The molecule has 1 atom stereocenters. The van der Waals surface area contributed by atoms with Crippen molar-refractivity contribution < 1.29 is 9.21 Å². The Morgan fingerprint density at radius 2 is 1.85 bits per heavy atom. The number of hydrogen-bond donors (Lipinski definition) is 0. The number of nitrogens with zero attached hydrogens (tertiary/aromatic N) is 1. The molecule has 0 saturated heterocycles. The summed E-state index contributed by atoms with van der Waals surface area (Å²) in [5.74, 6) is 0.336. The summed E-state index contributed by atoms with van der Waals surface area (Å²) in [6.45, 7) is 0. The van der Waals surface area contributed by atoms with E-state index in [-0.39, 0.29) is 11.0 Å². The summed E-state index contributed by atoms with van der Waals surface area (Å²) in [6, 6.07) is 21.0. The maximum atomic E-state index is 13.1. The molecule has 0 amide bonds. The summed E-state index contributed by atoms with van der Waals surface area (Å²) in [7, 11) is 0. The third kappa shape index (κ3) is 4.07. The van der Waals surface area contributed by atoms with Crippen molar-refractivity contribution in [3.8, 4) is 0 Å². The molecule has 2 aromatic heterocycles. The molecular weight excluding hydrogens is 378 g/mol. The van der Waals surface area contributed by atoms with Crippen LogP contribution >= 0.6 is 23.4 Å². The van der Waals surface area contributed by atoms with Crippen LogP contribution in [0.2, 0.25) is 5.02 Å². The van der Waals surface area contributed by atoms with Crippen molar-refractivity contribution in [3.63, 3.8) is 0 Å². The van der Waals surface area contributed by atoms with E-state index in [0.29, 0.717) is 17.2 Å². The molecule has 0 N–H and O–H groups in total. The van der Waals surface area contributed by atoms with Gasteiger partial charge in [0.25, 0.3) is 0 Å². The molecule has 0 bridgehead atoms. The van der Waals surface area contributed by atoms with Crippen LogP contribution in [0.3, 0.4) is 0 Å². The predicted octanol–water partition coefficient (Wildman–Crippen LogP) is 6.07. The van der Waals surface area contributed by atoms with Gasteiger partial charge in [-0.05, 0) is 48.4 Å². The fourth-order valence-corrected chi connectivity index (χ4v) is 4.30. The minimum absolute atomic E-state index is 0.0344. The fourth-order valence-electron chi connectivity index (χ4n) is 2.92. The van der Waals surface area contributed by atoms with Crippen LogP contribution < -0.4 is 0 Å². The fraction of sp³-hybridized carbons (Fsp3) is 0.0909. The second-order valence-corrected chi connectivity index (χ2v) is 7.79. The largest absolute Gasteiger partial charge is 0.461 e. The first-order chi connectivity index (χ1) is 13.2. The van der Waals surface area contributed by atoms with Gasteiger partial charge in [-0.25, -0.2) is 0 Å². The van der Waals surface area contributed by atoms with Crippen molar-refractivity contribution in [3.05, 3.63) is 95.5 Å². The van der Waals surface area contributed by atoms with Gasteiger partial charge in [0.2, 0.25) is 5.78 Å². The van der Waals surface area contributed by atoms with E-state index >= 15 is 0 Å². The zero-order valence-corrected chi connectivity index (χ0v) is 15.9. The van der Waals surface area contributed by atoms with E-state index in [1.54, 1.807) is 18.3 Å². The van der Waals surface area contributed by atoms with E-state index in [9.17, 15) is 4.79 Å². The highest BCUT2D eigenvalue weighted by atomic mass is 35.5. The number of halogens is 1. The number of carbonyl (C=O) groups is 1. The van der Waals surface area contributed by atoms with Gasteiger partial charge < -0.3 is 4.42 Å². The first kappa shape index (κ1) is 17.8. The minimum Gasteiger partial charge on any atom is -0.461 e. The Labute approximate surface area is 166 Å². The van der Waals surface area contributed by atoms with Crippen molar-refractivity contribution >= 4 is 40.0 Å². The molecule has 4 rings (SSSR count). The second-order valence-electron chi connectivity index (χ2n) is 6.11. The van der Waals surface area contributed by atoms with Gasteiger partial charge in [0, 0.05) is 21.5 Å². The molecule has 0 spiro atoms. The number of benzene rings is 2. The normalized spacial score (nSPS) is 12.2. The van der Waals surface area contributed by atoms with Crippen LogP contribution in [0.4, 0.5) is 0 Å². The number of hydrogen-bond acceptors (Lipinski definition) is 4. The van der Waals surface area contributed by atoms with E-state index < -0.39 is 0 Å². The summed E-state index contributed by atoms with van der Waals surface area (Å²) in [4.78, 5) is 18.5. The molecule has 0 radical (unpaired) electrons. The maximum absolute atomic E-state index is 13.1. The molecule has 0 aliphatic heterocycles. The molecule has 2 heterocycles. The number of pyridine rings is 1. The average Bonchev–Trinajstić information content (AvgIpc) is 3.24. The monoisotopic (exact) mass is 393 g/mol. The van der Waals surface area contributed by atoms with E-state index in [1.807, 2.05) is 54.6 Å². The van der Waals surface area contributed by atoms with Crippen molar-refractivity contribution in [2.75, 3.05) is 0 Å². The average molecular weight is 394 g/mol. The molecule has 5 heteroatoms. The Bertz CT molecular complexity index is 1060. The Morgan fingerprint density at radius 1 is 1.04 bits per heavy atom. The van der Waals surface area contributed by atoms with Gasteiger partial charge in [-0.3, -0.25) is 9.78 Å². The highest BCUT2D eigenvalue weighted by Gasteiger charge is 2.25. The molecule has 0 unspecified atom stereocenters. The second kappa shape index (κ2) is 7.99. The molecule has 27 heavy (non-hydrogen) atoms. The number of para-hydroxylation sites is 1. The van der Waals surface area contributed by atoms with E-state index in [2.05, 4.69) is 4.98 Å². The van der Waals surface area contributed by atoms with E-state index in [1.165, 1.54) is 18.0 Å². The van der Waals surface area contributed by atoms with Gasteiger partial charge in [0.05, 0.1) is 17.0 Å². The van der Waals surface area contributed by atoms with Gasteiger partial charge >= 0.3 is 0 Å². The van der Waals surface area contributed by atoms with Crippen LogP contribution in [0.1, 0.15) is 16.1 Å². The third-order valence-corrected chi connectivity index (χ3v) is 5.76. The molecule has 0 fully saturated rings. The Hall–Kier alpha value is -2.56.